The average Bonchev–Trinajstić information content (AvgIpc) is 2.22. The van der Waals surface area contributed by atoms with Crippen LogP contribution in [0.3, 0.4) is 0 Å². The van der Waals surface area contributed by atoms with Crippen LogP contribution in [-0.2, 0) is 4.79 Å². The van der Waals surface area contributed by atoms with E-state index in [4.69, 9.17) is 5.73 Å². The Labute approximate surface area is 105 Å². The summed E-state index contributed by atoms with van der Waals surface area (Å²) in [6.07, 6.45) is 6.13. The highest BCUT2D eigenvalue weighted by Gasteiger charge is 2.33. The van der Waals surface area contributed by atoms with Crippen molar-refractivity contribution >= 4 is 5.97 Å². The number of carboxylic acids is 1. The van der Waals surface area contributed by atoms with Crippen molar-refractivity contribution in [2.24, 2.45) is 29.4 Å². The topological polar surface area (TPSA) is 63.3 Å². The molecule has 0 aromatic carbocycles. The number of unbranched alkanes of at least 4 members (excludes halogenated alkanes) is 1. The lowest BCUT2D eigenvalue weighted by molar-refractivity contribution is -0.145. The molecule has 0 saturated heterocycles. The van der Waals surface area contributed by atoms with Crippen molar-refractivity contribution in [3.63, 3.8) is 0 Å². The normalized spacial score (nSPS) is 31.1. The average molecular weight is 241 g/mol. The second-order valence-corrected chi connectivity index (χ2v) is 5.91. The highest BCUT2D eigenvalue weighted by Crippen LogP contribution is 2.38. The van der Waals surface area contributed by atoms with Crippen molar-refractivity contribution < 1.29 is 9.90 Å². The summed E-state index contributed by atoms with van der Waals surface area (Å²) in [5.41, 5.74) is 5.47. The number of hydrogen-bond acceptors (Lipinski definition) is 2. The van der Waals surface area contributed by atoms with Gasteiger partial charge in [0.15, 0.2) is 0 Å². The zero-order valence-corrected chi connectivity index (χ0v) is 11.2. The minimum absolute atomic E-state index is 0.147. The smallest absolute Gasteiger partial charge is 0.306 e. The van der Waals surface area contributed by atoms with Gasteiger partial charge in [0.05, 0.1) is 5.92 Å². The third-order valence-corrected chi connectivity index (χ3v) is 4.07. The molecule has 1 saturated carbocycles. The van der Waals surface area contributed by atoms with Crippen LogP contribution in [0.25, 0.3) is 0 Å². The SMILES string of the molecule is CC1CC(C)CC(C(CCCCN)C(=O)O)C1. The molecule has 0 aliphatic heterocycles. The summed E-state index contributed by atoms with van der Waals surface area (Å²) in [6, 6.07) is 0. The minimum Gasteiger partial charge on any atom is -0.481 e. The second-order valence-electron chi connectivity index (χ2n) is 5.91. The standard InChI is InChI=1S/C14H27NO2/c1-10-7-11(2)9-12(8-10)13(14(16)17)5-3-4-6-15/h10-13H,3-9,15H2,1-2H3,(H,16,17). The molecule has 1 aliphatic carbocycles. The first-order chi connectivity index (χ1) is 8.04. The molecule has 0 amide bonds. The molecule has 0 spiro atoms. The van der Waals surface area contributed by atoms with Gasteiger partial charge < -0.3 is 10.8 Å². The summed E-state index contributed by atoms with van der Waals surface area (Å²) in [6.45, 7) is 5.17. The summed E-state index contributed by atoms with van der Waals surface area (Å²) in [5.74, 6) is 0.990. The van der Waals surface area contributed by atoms with E-state index in [1.54, 1.807) is 0 Å². The van der Waals surface area contributed by atoms with Crippen molar-refractivity contribution in [3.8, 4) is 0 Å². The summed E-state index contributed by atoms with van der Waals surface area (Å²) in [4.78, 5) is 11.4. The first-order valence-corrected chi connectivity index (χ1v) is 6.97. The van der Waals surface area contributed by atoms with Crippen molar-refractivity contribution in [2.45, 2.75) is 52.4 Å². The predicted octanol–water partition coefficient (Wildman–Crippen LogP) is 2.89. The van der Waals surface area contributed by atoms with Crippen molar-refractivity contribution in [1.82, 2.24) is 0 Å². The van der Waals surface area contributed by atoms with Crippen molar-refractivity contribution in [2.75, 3.05) is 6.54 Å². The van der Waals surface area contributed by atoms with Gasteiger partial charge in [0.25, 0.3) is 0 Å². The first kappa shape index (κ1) is 14.5. The van der Waals surface area contributed by atoms with Gasteiger partial charge in [-0.1, -0.05) is 20.3 Å². The van der Waals surface area contributed by atoms with Crippen LogP contribution in [0.2, 0.25) is 0 Å². The van der Waals surface area contributed by atoms with E-state index in [0.29, 0.717) is 24.3 Å². The highest BCUT2D eigenvalue weighted by atomic mass is 16.4. The molecule has 100 valence electrons. The Morgan fingerprint density at radius 3 is 2.29 bits per heavy atom. The Morgan fingerprint density at radius 1 is 1.24 bits per heavy atom. The molecule has 1 fully saturated rings. The predicted molar refractivity (Wildman–Crippen MR) is 69.7 cm³/mol. The molecule has 1 aliphatic rings. The van der Waals surface area contributed by atoms with E-state index >= 15 is 0 Å². The Morgan fingerprint density at radius 2 is 1.82 bits per heavy atom. The lowest BCUT2D eigenvalue weighted by Gasteiger charge is -2.34. The van der Waals surface area contributed by atoms with E-state index in [1.807, 2.05) is 0 Å². The van der Waals surface area contributed by atoms with E-state index in [9.17, 15) is 9.90 Å². The largest absolute Gasteiger partial charge is 0.481 e. The Hall–Kier alpha value is -0.570. The molecule has 0 aromatic rings. The maximum Gasteiger partial charge on any atom is 0.306 e. The first-order valence-electron chi connectivity index (χ1n) is 6.97. The fourth-order valence-electron chi connectivity index (χ4n) is 3.41. The van der Waals surface area contributed by atoms with E-state index in [2.05, 4.69) is 13.8 Å². The summed E-state index contributed by atoms with van der Waals surface area (Å²) in [5, 5.41) is 9.37. The van der Waals surface area contributed by atoms with Gasteiger partial charge in [0, 0.05) is 0 Å². The number of carbonyl (C=O) groups is 1. The molecule has 0 aromatic heterocycles. The van der Waals surface area contributed by atoms with Crippen molar-refractivity contribution in [3.05, 3.63) is 0 Å². The molecule has 3 atom stereocenters. The molecule has 3 N–H and O–H groups in total. The number of hydrogen-bond donors (Lipinski definition) is 2. The fourth-order valence-corrected chi connectivity index (χ4v) is 3.41. The molecule has 3 unspecified atom stereocenters. The van der Waals surface area contributed by atoms with Gasteiger partial charge in [-0.2, -0.15) is 0 Å². The highest BCUT2D eigenvalue weighted by molar-refractivity contribution is 5.70. The van der Waals surface area contributed by atoms with E-state index in [0.717, 1.165) is 32.1 Å². The lowest BCUT2D eigenvalue weighted by Crippen LogP contribution is -2.30. The van der Waals surface area contributed by atoms with Gasteiger partial charge in [-0.15, -0.1) is 0 Å². The Bertz CT molecular complexity index is 232. The lowest BCUT2D eigenvalue weighted by atomic mass is 9.70. The van der Waals surface area contributed by atoms with E-state index in [-0.39, 0.29) is 5.92 Å². The van der Waals surface area contributed by atoms with Crippen LogP contribution in [0.5, 0.6) is 0 Å². The van der Waals surface area contributed by atoms with E-state index in [1.165, 1.54) is 6.42 Å². The molecule has 0 bridgehead atoms. The molecule has 17 heavy (non-hydrogen) atoms. The van der Waals surface area contributed by atoms with Crippen LogP contribution < -0.4 is 5.73 Å². The number of aliphatic carboxylic acids is 1. The van der Waals surface area contributed by atoms with Crippen LogP contribution in [0.1, 0.15) is 52.4 Å². The maximum absolute atomic E-state index is 11.4. The number of rotatable bonds is 6. The summed E-state index contributed by atoms with van der Waals surface area (Å²) in [7, 11) is 0. The van der Waals surface area contributed by atoms with Crippen LogP contribution in [0, 0.1) is 23.7 Å². The van der Waals surface area contributed by atoms with Crippen LogP contribution in [0.15, 0.2) is 0 Å². The zero-order valence-electron chi connectivity index (χ0n) is 11.2. The fraction of sp³-hybridized carbons (Fsp3) is 0.929. The summed E-state index contributed by atoms with van der Waals surface area (Å²) < 4.78 is 0. The quantitative estimate of drug-likeness (QED) is 0.703. The summed E-state index contributed by atoms with van der Waals surface area (Å²) >= 11 is 0. The van der Waals surface area contributed by atoms with Gasteiger partial charge in [0.2, 0.25) is 0 Å². The molecule has 0 heterocycles. The van der Waals surface area contributed by atoms with Gasteiger partial charge in [-0.25, -0.2) is 0 Å². The molecule has 3 nitrogen and oxygen atoms in total. The zero-order chi connectivity index (χ0) is 12.8. The molecular weight excluding hydrogens is 214 g/mol. The van der Waals surface area contributed by atoms with Crippen LogP contribution >= 0.6 is 0 Å². The van der Waals surface area contributed by atoms with Gasteiger partial charge in [-0.05, 0) is 56.4 Å². The van der Waals surface area contributed by atoms with Gasteiger partial charge in [0.1, 0.15) is 0 Å². The Balaban J connectivity index is 2.53. The third kappa shape index (κ3) is 4.66. The third-order valence-electron chi connectivity index (χ3n) is 4.07. The number of carboxylic acid groups (broad SMARTS) is 1. The van der Waals surface area contributed by atoms with Crippen molar-refractivity contribution in [1.29, 1.82) is 0 Å². The second kappa shape index (κ2) is 7.00. The van der Waals surface area contributed by atoms with Gasteiger partial charge >= 0.3 is 5.97 Å². The molecule has 1 rings (SSSR count). The maximum atomic E-state index is 11.4. The molecule has 3 heteroatoms. The van der Waals surface area contributed by atoms with Crippen LogP contribution in [0.4, 0.5) is 0 Å². The molecular formula is C14H27NO2. The molecule has 0 radical (unpaired) electrons. The number of nitrogens with two attached hydrogens (primary N) is 1. The van der Waals surface area contributed by atoms with E-state index < -0.39 is 5.97 Å². The van der Waals surface area contributed by atoms with Crippen LogP contribution in [-0.4, -0.2) is 17.6 Å². The minimum atomic E-state index is -0.603. The monoisotopic (exact) mass is 241 g/mol. The van der Waals surface area contributed by atoms with Gasteiger partial charge in [-0.3, -0.25) is 4.79 Å². The Kier molecular flexibility index (Phi) is 5.96.